The summed E-state index contributed by atoms with van der Waals surface area (Å²) >= 11 is 0. The van der Waals surface area contributed by atoms with Crippen LogP contribution < -0.4 is 10.1 Å². The number of ether oxygens (including phenoxy) is 1. The highest BCUT2D eigenvalue weighted by Gasteiger charge is 2.17. The second-order valence-electron chi connectivity index (χ2n) is 6.38. The Morgan fingerprint density at radius 2 is 1.92 bits per heavy atom. The fourth-order valence-electron chi connectivity index (χ4n) is 2.89. The number of halogens is 1. The first-order valence-corrected chi connectivity index (χ1v) is 8.32. The van der Waals surface area contributed by atoms with Crippen molar-refractivity contribution in [1.29, 1.82) is 0 Å². The smallest absolute Gasteiger partial charge is 0.253 e. The molecule has 6 heteroatoms. The van der Waals surface area contributed by atoms with Crippen molar-refractivity contribution in [1.82, 2.24) is 9.88 Å². The maximum atomic E-state index is 12.8. The second kappa shape index (κ2) is 8.16. The monoisotopic (exact) mass is 348 g/mol. The number of aliphatic hydroxyl groups is 1. The van der Waals surface area contributed by atoms with E-state index in [1.807, 2.05) is 19.9 Å². The fraction of sp³-hybridized carbons (Fsp3) is 0.421. The molecule has 0 saturated carbocycles. The first kappa shape index (κ1) is 19.0. The van der Waals surface area contributed by atoms with Gasteiger partial charge in [0.05, 0.1) is 5.56 Å². The normalized spacial score (nSPS) is 12.3. The van der Waals surface area contributed by atoms with Gasteiger partial charge >= 0.3 is 0 Å². The molecule has 1 amide bonds. The minimum absolute atomic E-state index is 0.0108. The molecule has 0 radical (unpaired) electrons. The molecule has 0 aliphatic carbocycles. The van der Waals surface area contributed by atoms with Crippen LogP contribution in [-0.4, -0.2) is 34.8 Å². The number of carbonyl (C=O) groups excluding carboxylic acids is 1. The van der Waals surface area contributed by atoms with Crippen molar-refractivity contribution in [2.75, 3.05) is 13.2 Å². The van der Waals surface area contributed by atoms with Crippen molar-refractivity contribution >= 4 is 5.91 Å². The number of rotatable bonds is 7. The lowest BCUT2D eigenvalue weighted by Gasteiger charge is -2.15. The standard InChI is InChI=1S/C19H25FN2O3/c1-12(2)22-13(3)9-18(14(22)4)19(24)21-10-16(23)11-25-17-7-5-15(20)6-8-17/h5-9,12,16,23H,10-11H2,1-4H3,(H,21,24). The average Bonchev–Trinajstić information content (AvgIpc) is 2.86. The van der Waals surface area contributed by atoms with Gasteiger partial charge < -0.3 is 19.7 Å². The number of hydrogen-bond acceptors (Lipinski definition) is 3. The summed E-state index contributed by atoms with van der Waals surface area (Å²) in [5.41, 5.74) is 2.54. The van der Waals surface area contributed by atoms with Gasteiger partial charge in [0.2, 0.25) is 0 Å². The van der Waals surface area contributed by atoms with Crippen molar-refractivity contribution in [3.63, 3.8) is 0 Å². The molecular formula is C19H25FN2O3. The third kappa shape index (κ3) is 4.82. The van der Waals surface area contributed by atoms with E-state index in [1.165, 1.54) is 24.3 Å². The highest BCUT2D eigenvalue weighted by molar-refractivity contribution is 5.95. The van der Waals surface area contributed by atoms with Gasteiger partial charge in [0.1, 0.15) is 24.3 Å². The maximum absolute atomic E-state index is 12.8. The number of amides is 1. The van der Waals surface area contributed by atoms with Gasteiger partial charge in [-0.05, 0) is 58.0 Å². The molecule has 1 unspecified atom stereocenters. The molecule has 0 spiro atoms. The Morgan fingerprint density at radius 1 is 1.28 bits per heavy atom. The molecule has 0 fully saturated rings. The van der Waals surface area contributed by atoms with Crippen LogP contribution in [-0.2, 0) is 0 Å². The van der Waals surface area contributed by atoms with Crippen molar-refractivity contribution in [2.24, 2.45) is 0 Å². The Balaban J connectivity index is 1.87. The number of benzene rings is 1. The maximum Gasteiger partial charge on any atom is 0.253 e. The number of hydrogen-bond donors (Lipinski definition) is 2. The number of aliphatic hydroxyl groups excluding tert-OH is 1. The molecule has 136 valence electrons. The summed E-state index contributed by atoms with van der Waals surface area (Å²) in [6, 6.07) is 7.67. The summed E-state index contributed by atoms with van der Waals surface area (Å²) in [6.07, 6.45) is -0.859. The van der Waals surface area contributed by atoms with E-state index in [-0.39, 0.29) is 30.9 Å². The van der Waals surface area contributed by atoms with E-state index in [9.17, 15) is 14.3 Å². The zero-order valence-electron chi connectivity index (χ0n) is 15.0. The van der Waals surface area contributed by atoms with Crippen LogP contribution in [0.3, 0.4) is 0 Å². The molecule has 1 atom stereocenters. The summed E-state index contributed by atoms with van der Waals surface area (Å²) in [5.74, 6) is -0.104. The van der Waals surface area contributed by atoms with Gasteiger partial charge in [0.15, 0.2) is 0 Å². The quantitative estimate of drug-likeness (QED) is 0.808. The molecule has 0 bridgehead atoms. The molecule has 0 aliphatic heterocycles. The first-order chi connectivity index (χ1) is 11.8. The Morgan fingerprint density at radius 3 is 2.48 bits per heavy atom. The summed E-state index contributed by atoms with van der Waals surface area (Å²) in [6.45, 7) is 8.10. The fourth-order valence-corrected chi connectivity index (χ4v) is 2.89. The molecule has 1 heterocycles. The molecule has 5 nitrogen and oxygen atoms in total. The molecule has 2 N–H and O–H groups in total. The molecule has 2 rings (SSSR count). The Bertz CT molecular complexity index is 723. The number of aryl methyl sites for hydroxylation is 1. The van der Waals surface area contributed by atoms with Crippen molar-refractivity contribution in [2.45, 2.75) is 39.8 Å². The lowest BCUT2D eigenvalue weighted by Crippen LogP contribution is -2.35. The van der Waals surface area contributed by atoms with Gasteiger partial charge in [-0.25, -0.2) is 4.39 Å². The summed E-state index contributed by atoms with van der Waals surface area (Å²) in [5, 5.41) is 12.7. The number of aromatic nitrogens is 1. The molecule has 1 aromatic heterocycles. The van der Waals surface area contributed by atoms with Crippen LogP contribution in [0.25, 0.3) is 0 Å². The van der Waals surface area contributed by atoms with Crippen LogP contribution in [0.4, 0.5) is 4.39 Å². The average molecular weight is 348 g/mol. The lowest BCUT2D eigenvalue weighted by atomic mass is 10.2. The van der Waals surface area contributed by atoms with E-state index in [4.69, 9.17) is 4.74 Å². The van der Waals surface area contributed by atoms with E-state index in [1.54, 1.807) is 0 Å². The third-order valence-corrected chi connectivity index (χ3v) is 4.00. The minimum atomic E-state index is -0.859. The Labute approximate surface area is 147 Å². The molecular weight excluding hydrogens is 323 g/mol. The van der Waals surface area contributed by atoms with Gasteiger partial charge in [-0.15, -0.1) is 0 Å². The van der Waals surface area contributed by atoms with Crippen LogP contribution >= 0.6 is 0 Å². The number of nitrogens with one attached hydrogen (secondary N) is 1. The number of nitrogens with zero attached hydrogens (tertiary/aromatic N) is 1. The van der Waals surface area contributed by atoms with Gasteiger partial charge in [0, 0.05) is 24.0 Å². The molecule has 0 aliphatic rings. The lowest BCUT2D eigenvalue weighted by molar-refractivity contribution is 0.0843. The first-order valence-electron chi connectivity index (χ1n) is 8.32. The van der Waals surface area contributed by atoms with Gasteiger partial charge in [-0.2, -0.15) is 0 Å². The second-order valence-corrected chi connectivity index (χ2v) is 6.38. The SMILES string of the molecule is Cc1cc(C(=O)NCC(O)COc2ccc(F)cc2)c(C)n1C(C)C. The molecule has 2 aromatic rings. The van der Waals surface area contributed by atoms with Gasteiger partial charge in [-0.1, -0.05) is 0 Å². The zero-order chi connectivity index (χ0) is 18.6. The topological polar surface area (TPSA) is 63.5 Å². The van der Waals surface area contributed by atoms with E-state index >= 15 is 0 Å². The van der Waals surface area contributed by atoms with Crippen LogP contribution in [0.1, 0.15) is 41.6 Å². The molecule has 1 aromatic carbocycles. The highest BCUT2D eigenvalue weighted by atomic mass is 19.1. The van der Waals surface area contributed by atoms with Crippen molar-refractivity contribution in [3.05, 3.63) is 53.1 Å². The molecule has 0 saturated heterocycles. The van der Waals surface area contributed by atoms with Crippen molar-refractivity contribution < 1.29 is 19.0 Å². The largest absolute Gasteiger partial charge is 0.491 e. The summed E-state index contributed by atoms with van der Waals surface area (Å²) in [4.78, 5) is 12.4. The summed E-state index contributed by atoms with van der Waals surface area (Å²) < 4.78 is 20.3. The van der Waals surface area contributed by atoms with Crippen LogP contribution in [0, 0.1) is 19.7 Å². The van der Waals surface area contributed by atoms with Gasteiger partial charge in [0.25, 0.3) is 5.91 Å². The highest BCUT2D eigenvalue weighted by Crippen LogP contribution is 2.20. The van der Waals surface area contributed by atoms with Crippen molar-refractivity contribution in [3.8, 4) is 5.75 Å². The summed E-state index contributed by atoms with van der Waals surface area (Å²) in [7, 11) is 0. The zero-order valence-corrected chi connectivity index (χ0v) is 15.0. The minimum Gasteiger partial charge on any atom is -0.491 e. The van der Waals surface area contributed by atoms with E-state index in [0.29, 0.717) is 11.3 Å². The predicted molar refractivity (Wildman–Crippen MR) is 94.5 cm³/mol. The van der Waals surface area contributed by atoms with E-state index < -0.39 is 6.10 Å². The Kier molecular flexibility index (Phi) is 6.20. The molecule has 25 heavy (non-hydrogen) atoms. The van der Waals surface area contributed by atoms with Crippen LogP contribution in [0.2, 0.25) is 0 Å². The predicted octanol–water partition coefficient (Wildman–Crippen LogP) is 2.99. The van der Waals surface area contributed by atoms with Crippen LogP contribution in [0.15, 0.2) is 30.3 Å². The van der Waals surface area contributed by atoms with E-state index in [0.717, 1.165) is 11.4 Å². The third-order valence-electron chi connectivity index (χ3n) is 4.00. The Hall–Kier alpha value is -2.34. The van der Waals surface area contributed by atoms with Gasteiger partial charge in [-0.3, -0.25) is 4.79 Å². The van der Waals surface area contributed by atoms with Crippen LogP contribution in [0.5, 0.6) is 5.75 Å². The number of carbonyl (C=O) groups is 1. The van der Waals surface area contributed by atoms with E-state index in [2.05, 4.69) is 23.7 Å².